The normalized spacial score (nSPS) is 10.2. The van der Waals surface area contributed by atoms with E-state index in [1.54, 1.807) is 19.1 Å². The Labute approximate surface area is 97.2 Å². The molecule has 0 aliphatic carbocycles. The number of nitrogens with zero attached hydrogens (tertiary/aromatic N) is 1. The van der Waals surface area contributed by atoms with Gasteiger partial charge in [0, 0.05) is 17.8 Å². The van der Waals surface area contributed by atoms with Crippen molar-refractivity contribution in [1.29, 1.82) is 0 Å². The van der Waals surface area contributed by atoms with Crippen LogP contribution in [0.4, 0.5) is 4.39 Å². The van der Waals surface area contributed by atoms with Crippen LogP contribution in [0.25, 0.3) is 11.3 Å². The number of aryl methyl sites for hydroxylation is 1. The van der Waals surface area contributed by atoms with Gasteiger partial charge >= 0.3 is 0 Å². The molecule has 0 unspecified atom stereocenters. The molecular formula is C13H10FNO2. The first-order valence-electron chi connectivity index (χ1n) is 5.04. The van der Waals surface area contributed by atoms with E-state index in [1.165, 1.54) is 24.4 Å². The Balaban J connectivity index is 2.76. The van der Waals surface area contributed by atoms with E-state index >= 15 is 0 Å². The Morgan fingerprint density at radius 1 is 1.24 bits per heavy atom. The van der Waals surface area contributed by atoms with Crippen molar-refractivity contribution < 1.29 is 9.50 Å². The lowest BCUT2D eigenvalue weighted by Gasteiger charge is -2.00. The van der Waals surface area contributed by atoms with Gasteiger partial charge < -0.3 is 5.11 Å². The van der Waals surface area contributed by atoms with E-state index in [1.807, 2.05) is 0 Å². The van der Waals surface area contributed by atoms with E-state index in [0.717, 1.165) is 5.56 Å². The molecule has 0 radical (unpaired) electrons. The predicted molar refractivity (Wildman–Crippen MR) is 62.3 cm³/mol. The van der Waals surface area contributed by atoms with Crippen molar-refractivity contribution >= 4 is 0 Å². The molecule has 2 rings (SSSR count). The van der Waals surface area contributed by atoms with Gasteiger partial charge in [0.2, 0.25) is 5.43 Å². The van der Waals surface area contributed by atoms with Crippen molar-refractivity contribution in [2.45, 2.75) is 6.92 Å². The fourth-order valence-corrected chi connectivity index (χ4v) is 1.51. The van der Waals surface area contributed by atoms with Gasteiger partial charge in [-0.05, 0) is 25.1 Å². The number of halogens is 1. The molecule has 0 saturated carbocycles. The number of rotatable bonds is 1. The maximum absolute atomic E-state index is 13.1. The maximum atomic E-state index is 13.1. The molecule has 4 heteroatoms. The molecule has 0 spiro atoms. The van der Waals surface area contributed by atoms with E-state index in [4.69, 9.17) is 0 Å². The second-order valence-electron chi connectivity index (χ2n) is 3.71. The van der Waals surface area contributed by atoms with Crippen molar-refractivity contribution in [1.82, 2.24) is 4.98 Å². The summed E-state index contributed by atoms with van der Waals surface area (Å²) in [4.78, 5) is 15.4. The lowest BCUT2D eigenvalue weighted by molar-refractivity contribution is 0.472. The lowest BCUT2D eigenvalue weighted by atomic mass is 10.1. The summed E-state index contributed by atoms with van der Waals surface area (Å²) in [5, 5.41) is 9.75. The Morgan fingerprint density at radius 2 is 2.00 bits per heavy atom. The summed E-state index contributed by atoms with van der Waals surface area (Å²) >= 11 is 0. The van der Waals surface area contributed by atoms with Gasteiger partial charge in [-0.3, -0.25) is 9.78 Å². The molecule has 17 heavy (non-hydrogen) atoms. The highest BCUT2D eigenvalue weighted by Gasteiger charge is 2.08. The molecular weight excluding hydrogens is 221 g/mol. The molecule has 0 atom stereocenters. The predicted octanol–water partition coefficient (Wildman–Crippen LogP) is 2.26. The van der Waals surface area contributed by atoms with E-state index in [9.17, 15) is 14.3 Å². The third kappa shape index (κ3) is 2.30. The molecule has 0 saturated heterocycles. The van der Waals surface area contributed by atoms with Crippen molar-refractivity contribution in [2.75, 3.05) is 0 Å². The van der Waals surface area contributed by atoms with Crippen molar-refractivity contribution in [3.05, 3.63) is 58.1 Å². The minimum absolute atomic E-state index is 0.233. The average molecular weight is 231 g/mol. The molecule has 0 aliphatic heterocycles. The van der Waals surface area contributed by atoms with Crippen LogP contribution in [0.5, 0.6) is 5.75 Å². The number of aromatic hydroxyl groups is 1. The first kappa shape index (κ1) is 11.3. The van der Waals surface area contributed by atoms with E-state index in [0.29, 0.717) is 0 Å². The van der Waals surface area contributed by atoms with Crippen LogP contribution in [0, 0.1) is 12.7 Å². The van der Waals surface area contributed by atoms with E-state index < -0.39 is 17.0 Å². The highest BCUT2D eigenvalue weighted by Crippen LogP contribution is 2.24. The zero-order valence-corrected chi connectivity index (χ0v) is 9.14. The summed E-state index contributed by atoms with van der Waals surface area (Å²) in [6.07, 6.45) is 1.29. The summed E-state index contributed by atoms with van der Waals surface area (Å²) in [7, 11) is 0. The second kappa shape index (κ2) is 4.33. The van der Waals surface area contributed by atoms with Crippen molar-refractivity contribution in [3.8, 4) is 17.0 Å². The standard InChI is InChI=1S/C13H10FNO2/c1-8-2-3-12(16)13(17)10(6-8)11-7-9(14)4-5-15-11/h2-7H,1H3,(H,16,17). The van der Waals surface area contributed by atoms with E-state index in [-0.39, 0.29) is 11.3 Å². The molecule has 1 heterocycles. The third-order valence-corrected chi connectivity index (χ3v) is 2.36. The monoisotopic (exact) mass is 231 g/mol. The van der Waals surface area contributed by atoms with Crippen LogP contribution < -0.4 is 5.43 Å². The number of hydrogen-bond donors (Lipinski definition) is 1. The van der Waals surface area contributed by atoms with Crippen LogP contribution in [0.1, 0.15) is 5.56 Å². The fraction of sp³-hybridized carbons (Fsp3) is 0.0769. The largest absolute Gasteiger partial charge is 0.504 e. The third-order valence-electron chi connectivity index (χ3n) is 2.36. The molecule has 0 fully saturated rings. The van der Waals surface area contributed by atoms with Crippen LogP contribution in [0.2, 0.25) is 0 Å². The lowest BCUT2D eigenvalue weighted by Crippen LogP contribution is -1.95. The number of pyridine rings is 1. The minimum atomic E-state index is -0.515. The highest BCUT2D eigenvalue weighted by molar-refractivity contribution is 5.66. The summed E-state index contributed by atoms with van der Waals surface area (Å²) in [6.45, 7) is 1.78. The summed E-state index contributed by atoms with van der Waals surface area (Å²) in [6, 6.07) is 6.83. The zero-order valence-electron chi connectivity index (χ0n) is 9.14. The van der Waals surface area contributed by atoms with Gasteiger partial charge in [0.05, 0.1) is 5.69 Å². The van der Waals surface area contributed by atoms with Crippen LogP contribution in [0.15, 0.2) is 41.3 Å². The van der Waals surface area contributed by atoms with Crippen molar-refractivity contribution in [2.24, 2.45) is 0 Å². The second-order valence-corrected chi connectivity index (χ2v) is 3.71. The molecule has 1 aromatic heterocycles. The van der Waals surface area contributed by atoms with Gasteiger partial charge in [0.25, 0.3) is 0 Å². The molecule has 1 N–H and O–H groups in total. The van der Waals surface area contributed by atoms with Crippen molar-refractivity contribution in [3.63, 3.8) is 0 Å². The Morgan fingerprint density at radius 3 is 2.71 bits per heavy atom. The van der Waals surface area contributed by atoms with Gasteiger partial charge in [0.15, 0.2) is 5.75 Å². The molecule has 0 aliphatic rings. The van der Waals surface area contributed by atoms with Crippen LogP contribution in [-0.2, 0) is 0 Å². The van der Waals surface area contributed by atoms with Gasteiger partial charge in [-0.1, -0.05) is 11.6 Å². The molecule has 86 valence electrons. The summed E-state index contributed by atoms with van der Waals surface area (Å²) < 4.78 is 13.1. The summed E-state index contributed by atoms with van der Waals surface area (Å²) in [5.41, 5.74) is 0.735. The van der Waals surface area contributed by atoms with Crippen LogP contribution in [0.3, 0.4) is 0 Å². The smallest absolute Gasteiger partial charge is 0.220 e. The Kier molecular flexibility index (Phi) is 2.87. The fourth-order valence-electron chi connectivity index (χ4n) is 1.51. The van der Waals surface area contributed by atoms with Crippen LogP contribution in [-0.4, -0.2) is 10.1 Å². The Bertz CT molecular complexity index is 626. The molecule has 3 nitrogen and oxygen atoms in total. The van der Waals surface area contributed by atoms with Gasteiger partial charge in [-0.25, -0.2) is 4.39 Å². The quantitative estimate of drug-likeness (QED) is 0.819. The first-order valence-corrected chi connectivity index (χ1v) is 5.04. The number of hydrogen-bond acceptors (Lipinski definition) is 3. The summed E-state index contributed by atoms with van der Waals surface area (Å²) in [5.74, 6) is -0.887. The van der Waals surface area contributed by atoms with Gasteiger partial charge in [-0.15, -0.1) is 0 Å². The first-order chi connectivity index (χ1) is 8.08. The Hall–Kier alpha value is -2.23. The minimum Gasteiger partial charge on any atom is -0.504 e. The topological polar surface area (TPSA) is 50.2 Å². The van der Waals surface area contributed by atoms with Gasteiger partial charge in [0.1, 0.15) is 5.82 Å². The van der Waals surface area contributed by atoms with Gasteiger partial charge in [-0.2, -0.15) is 0 Å². The molecule has 2 aromatic rings. The molecule has 1 aromatic carbocycles. The van der Waals surface area contributed by atoms with Crippen LogP contribution >= 0.6 is 0 Å². The average Bonchev–Trinajstić information content (AvgIpc) is 2.43. The SMILES string of the molecule is Cc1ccc(=O)c(O)c(-c2cc(F)ccn2)c1. The number of aromatic nitrogens is 1. The maximum Gasteiger partial charge on any atom is 0.220 e. The molecule has 0 amide bonds. The molecule has 0 bridgehead atoms. The van der Waals surface area contributed by atoms with E-state index in [2.05, 4.69) is 4.98 Å². The highest BCUT2D eigenvalue weighted by atomic mass is 19.1. The zero-order chi connectivity index (χ0) is 12.4.